The van der Waals surface area contributed by atoms with Gasteiger partial charge in [0.05, 0.1) is 11.4 Å². The van der Waals surface area contributed by atoms with Crippen molar-refractivity contribution in [2.75, 3.05) is 10.6 Å². The Kier molecular flexibility index (Phi) is 6.50. The number of aryl methyl sites for hydroxylation is 4. The number of rotatable bonds is 4. The number of benzene rings is 4. The predicted molar refractivity (Wildman–Crippen MR) is 135 cm³/mol. The van der Waals surface area contributed by atoms with Gasteiger partial charge in [-0.05, 0) is 86.3 Å². The molecular weight excluding hydrogens is 428 g/mol. The van der Waals surface area contributed by atoms with Crippen molar-refractivity contribution in [3.05, 3.63) is 95.1 Å². The average Bonchev–Trinajstić information content (AvgIpc) is 2.79. The Balaban J connectivity index is 1.51. The van der Waals surface area contributed by atoms with E-state index in [2.05, 4.69) is 10.6 Å². The van der Waals surface area contributed by atoms with E-state index in [9.17, 15) is 9.59 Å². The first-order valence-corrected chi connectivity index (χ1v) is 10.9. The summed E-state index contributed by atoms with van der Waals surface area (Å²) in [7, 11) is 0. The van der Waals surface area contributed by atoms with Crippen molar-refractivity contribution in [3.63, 3.8) is 0 Å². The molecule has 0 heterocycles. The summed E-state index contributed by atoms with van der Waals surface area (Å²) in [4.78, 5) is 25.0. The highest BCUT2D eigenvalue weighted by molar-refractivity contribution is 6.07. The van der Waals surface area contributed by atoms with Gasteiger partial charge in [-0.15, -0.1) is 0 Å². The highest BCUT2D eigenvalue weighted by Gasteiger charge is 2.13. The van der Waals surface area contributed by atoms with Crippen LogP contribution in [0.25, 0.3) is 10.8 Å². The Labute approximate surface area is 198 Å². The maximum atomic E-state index is 12.5. The first-order valence-electron chi connectivity index (χ1n) is 10.9. The van der Waals surface area contributed by atoms with Gasteiger partial charge in [0.25, 0.3) is 0 Å². The summed E-state index contributed by atoms with van der Waals surface area (Å²) in [5.41, 5.74) is 5.46. The van der Waals surface area contributed by atoms with Crippen molar-refractivity contribution in [1.29, 1.82) is 0 Å². The van der Waals surface area contributed by atoms with Gasteiger partial charge in [-0.25, -0.2) is 9.59 Å². The second-order valence-corrected chi connectivity index (χ2v) is 8.23. The molecule has 4 aromatic rings. The van der Waals surface area contributed by atoms with Gasteiger partial charge in [0.1, 0.15) is 11.5 Å². The van der Waals surface area contributed by atoms with Crippen molar-refractivity contribution < 1.29 is 19.1 Å². The average molecular weight is 455 g/mol. The Morgan fingerprint density at radius 3 is 1.35 bits per heavy atom. The van der Waals surface area contributed by atoms with E-state index in [1.165, 1.54) is 0 Å². The van der Waals surface area contributed by atoms with E-state index in [1.807, 2.05) is 64.1 Å². The highest BCUT2D eigenvalue weighted by Crippen LogP contribution is 2.30. The summed E-state index contributed by atoms with van der Waals surface area (Å²) in [6.45, 7) is 7.92. The number of hydrogen-bond acceptors (Lipinski definition) is 4. The van der Waals surface area contributed by atoms with Crippen LogP contribution in [0, 0.1) is 27.7 Å². The minimum absolute atomic E-state index is 0.470. The summed E-state index contributed by atoms with van der Waals surface area (Å²) in [5, 5.41) is 7.10. The van der Waals surface area contributed by atoms with Crippen LogP contribution in [0.15, 0.2) is 72.8 Å². The lowest BCUT2D eigenvalue weighted by Gasteiger charge is -2.13. The first-order chi connectivity index (χ1) is 16.3. The van der Waals surface area contributed by atoms with Gasteiger partial charge in [0.2, 0.25) is 0 Å². The van der Waals surface area contributed by atoms with E-state index >= 15 is 0 Å². The smallest absolute Gasteiger partial charge is 0.410 e. The molecule has 0 fully saturated rings. The summed E-state index contributed by atoms with van der Waals surface area (Å²) in [5.74, 6) is 0.939. The fraction of sp³-hybridized carbons (Fsp3) is 0.143. The Bertz CT molecular complexity index is 1290. The minimum atomic E-state index is -0.594. The number of fused-ring (bicyclic) bond motifs is 1. The Morgan fingerprint density at radius 1 is 0.559 bits per heavy atom. The number of hydrogen-bond donors (Lipinski definition) is 2. The van der Waals surface area contributed by atoms with E-state index in [-0.39, 0.29) is 0 Å². The number of ether oxygens (including phenoxy) is 2. The molecule has 4 aromatic carbocycles. The molecule has 0 aliphatic rings. The molecule has 6 heteroatoms. The third-order valence-electron chi connectivity index (χ3n) is 5.77. The lowest BCUT2D eigenvalue weighted by molar-refractivity contribution is 0.214. The topological polar surface area (TPSA) is 76.7 Å². The third-order valence-corrected chi connectivity index (χ3v) is 5.77. The molecule has 0 atom stereocenters. The van der Waals surface area contributed by atoms with Crippen LogP contribution in [0.5, 0.6) is 11.5 Å². The fourth-order valence-electron chi connectivity index (χ4n) is 3.57. The Morgan fingerprint density at radius 2 is 0.971 bits per heavy atom. The van der Waals surface area contributed by atoms with Gasteiger partial charge in [0.15, 0.2) is 0 Å². The molecule has 4 rings (SSSR count). The molecule has 0 aliphatic carbocycles. The second kappa shape index (κ2) is 9.67. The molecule has 0 spiro atoms. The summed E-state index contributed by atoms with van der Waals surface area (Å²) in [6.07, 6.45) is -1.19. The number of nitrogens with one attached hydrogen (secondary N) is 2. The van der Waals surface area contributed by atoms with Crippen molar-refractivity contribution >= 4 is 34.3 Å². The van der Waals surface area contributed by atoms with E-state index in [0.717, 1.165) is 33.0 Å². The molecule has 0 aromatic heterocycles. The number of carbonyl (C=O) groups excluding carboxylic acids is 2. The van der Waals surface area contributed by atoms with Crippen molar-refractivity contribution in [1.82, 2.24) is 0 Å². The normalized spacial score (nSPS) is 10.6. The number of anilines is 2. The zero-order valence-electron chi connectivity index (χ0n) is 19.6. The quantitative estimate of drug-likeness (QED) is 0.339. The van der Waals surface area contributed by atoms with E-state index in [4.69, 9.17) is 9.47 Å². The molecule has 172 valence electrons. The van der Waals surface area contributed by atoms with E-state index in [1.54, 1.807) is 36.4 Å². The van der Waals surface area contributed by atoms with Crippen LogP contribution in [0.3, 0.4) is 0 Å². The standard InChI is InChI=1S/C28H26N2O4/c1-17-11-13-21(15-19(17)3)33-27(31)29-25-9-5-8-24-23(25)7-6-10-26(24)30-28(32)34-22-14-12-18(2)20(4)16-22/h5-16H,1-4H3,(H,29,31)(H,30,32). The SMILES string of the molecule is Cc1ccc(OC(=O)Nc2cccc3c(NC(=O)Oc4ccc(C)c(C)c4)cccc23)cc1C. The molecule has 2 N–H and O–H groups in total. The van der Waals surface area contributed by atoms with Crippen LogP contribution in [-0.2, 0) is 0 Å². The van der Waals surface area contributed by atoms with Crippen LogP contribution < -0.4 is 20.1 Å². The van der Waals surface area contributed by atoms with Crippen LogP contribution in [0.2, 0.25) is 0 Å². The van der Waals surface area contributed by atoms with Crippen molar-refractivity contribution in [2.24, 2.45) is 0 Å². The minimum Gasteiger partial charge on any atom is -0.410 e. The van der Waals surface area contributed by atoms with Gasteiger partial charge >= 0.3 is 12.2 Å². The summed E-state index contributed by atoms with van der Waals surface area (Å²) >= 11 is 0. The van der Waals surface area contributed by atoms with Crippen LogP contribution in [-0.4, -0.2) is 12.2 Å². The third kappa shape index (κ3) is 5.18. The summed E-state index contributed by atoms with van der Waals surface area (Å²) < 4.78 is 10.9. The van der Waals surface area contributed by atoms with E-state index < -0.39 is 12.2 Å². The summed E-state index contributed by atoms with van der Waals surface area (Å²) in [6, 6.07) is 21.9. The molecule has 34 heavy (non-hydrogen) atoms. The number of amides is 2. The maximum absolute atomic E-state index is 12.5. The molecule has 0 bridgehead atoms. The monoisotopic (exact) mass is 454 g/mol. The lowest BCUT2D eigenvalue weighted by atomic mass is 10.1. The lowest BCUT2D eigenvalue weighted by Crippen LogP contribution is -2.18. The van der Waals surface area contributed by atoms with Crippen LogP contribution >= 0.6 is 0 Å². The first kappa shape index (κ1) is 22.9. The van der Waals surface area contributed by atoms with Gasteiger partial charge < -0.3 is 9.47 Å². The molecule has 0 aliphatic heterocycles. The van der Waals surface area contributed by atoms with Gasteiger partial charge in [-0.2, -0.15) is 0 Å². The maximum Gasteiger partial charge on any atom is 0.417 e. The predicted octanol–water partition coefficient (Wildman–Crippen LogP) is 7.30. The van der Waals surface area contributed by atoms with Gasteiger partial charge in [-0.3, -0.25) is 10.6 Å². The van der Waals surface area contributed by atoms with Gasteiger partial charge in [0, 0.05) is 10.8 Å². The molecule has 2 amide bonds. The van der Waals surface area contributed by atoms with Crippen molar-refractivity contribution in [3.8, 4) is 11.5 Å². The second-order valence-electron chi connectivity index (χ2n) is 8.23. The van der Waals surface area contributed by atoms with E-state index in [0.29, 0.717) is 22.9 Å². The zero-order valence-corrected chi connectivity index (χ0v) is 19.6. The highest BCUT2D eigenvalue weighted by atomic mass is 16.6. The zero-order chi connectivity index (χ0) is 24.2. The molecule has 0 radical (unpaired) electrons. The molecule has 0 unspecified atom stereocenters. The van der Waals surface area contributed by atoms with Crippen LogP contribution in [0.4, 0.5) is 21.0 Å². The van der Waals surface area contributed by atoms with Gasteiger partial charge in [-0.1, -0.05) is 36.4 Å². The molecule has 0 saturated carbocycles. The number of carbonyl (C=O) groups is 2. The van der Waals surface area contributed by atoms with Crippen molar-refractivity contribution in [2.45, 2.75) is 27.7 Å². The largest absolute Gasteiger partial charge is 0.417 e. The molecule has 6 nitrogen and oxygen atoms in total. The molecule has 0 saturated heterocycles. The van der Waals surface area contributed by atoms with Crippen LogP contribution in [0.1, 0.15) is 22.3 Å². The Hall–Kier alpha value is -4.32. The molecular formula is C28H26N2O4. The fourth-order valence-corrected chi connectivity index (χ4v) is 3.57.